The van der Waals surface area contributed by atoms with Crippen LogP contribution in [-0.4, -0.2) is 21.1 Å². The van der Waals surface area contributed by atoms with Crippen LogP contribution in [0.4, 0.5) is 5.69 Å². The van der Waals surface area contributed by atoms with Gasteiger partial charge in [-0.15, -0.1) is 10.2 Å². The van der Waals surface area contributed by atoms with Crippen molar-refractivity contribution < 1.29 is 15.0 Å². The van der Waals surface area contributed by atoms with Crippen molar-refractivity contribution in [3.05, 3.63) is 51.5 Å². The van der Waals surface area contributed by atoms with Crippen molar-refractivity contribution in [1.82, 2.24) is 4.98 Å². The molecule has 0 saturated carbocycles. The fraction of sp³-hybridized carbons (Fsp3) is 0. The van der Waals surface area contributed by atoms with Gasteiger partial charge in [0, 0.05) is 14.9 Å². The molecule has 3 aromatic rings. The zero-order valence-corrected chi connectivity index (χ0v) is 13.8. The van der Waals surface area contributed by atoms with Gasteiger partial charge in [-0.05, 0) is 36.4 Å². The summed E-state index contributed by atoms with van der Waals surface area (Å²) in [6, 6.07) is 9.33. The summed E-state index contributed by atoms with van der Waals surface area (Å²) in [4.78, 5) is 14.8. The van der Waals surface area contributed by atoms with Crippen LogP contribution in [-0.2, 0) is 0 Å². The first-order valence-electron chi connectivity index (χ1n) is 6.40. The number of H-pyrrole nitrogens is 1. The first-order valence-corrected chi connectivity index (χ1v) is 7.57. The van der Waals surface area contributed by atoms with Crippen molar-refractivity contribution in [3.8, 4) is 11.6 Å². The number of azo groups is 1. The summed E-state index contributed by atoms with van der Waals surface area (Å²) in [5, 5.41) is 27.8. The van der Waals surface area contributed by atoms with Crippen LogP contribution in [0.5, 0.6) is 11.6 Å². The zero-order valence-electron chi connectivity index (χ0n) is 11.4. The predicted molar refractivity (Wildman–Crippen MR) is 89.6 cm³/mol. The van der Waals surface area contributed by atoms with E-state index in [0.29, 0.717) is 15.9 Å². The SMILES string of the molecule is O=C(N=Nc1c(O)[nH]c2ccc(Br)cc12)c1cc(Cl)ccc1O. The van der Waals surface area contributed by atoms with Gasteiger partial charge in [0.2, 0.25) is 5.88 Å². The second-order valence-corrected chi connectivity index (χ2v) is 6.03. The number of nitrogens with zero attached hydrogens (tertiary/aromatic N) is 2. The van der Waals surface area contributed by atoms with E-state index >= 15 is 0 Å². The van der Waals surface area contributed by atoms with Crippen molar-refractivity contribution in [2.24, 2.45) is 10.2 Å². The van der Waals surface area contributed by atoms with E-state index in [1.165, 1.54) is 18.2 Å². The van der Waals surface area contributed by atoms with E-state index in [0.717, 1.165) is 4.47 Å². The molecule has 0 aliphatic carbocycles. The molecule has 0 unspecified atom stereocenters. The van der Waals surface area contributed by atoms with Crippen LogP contribution >= 0.6 is 27.5 Å². The fourth-order valence-corrected chi connectivity index (χ4v) is 2.60. The fourth-order valence-electron chi connectivity index (χ4n) is 2.07. The number of rotatable bonds is 2. The first-order chi connectivity index (χ1) is 11.0. The third-order valence-corrected chi connectivity index (χ3v) is 3.87. The molecule has 1 amide bonds. The Hall–Kier alpha value is -2.38. The van der Waals surface area contributed by atoms with Crippen molar-refractivity contribution >= 4 is 50.0 Å². The summed E-state index contributed by atoms with van der Waals surface area (Å²) < 4.78 is 0.791. The maximum absolute atomic E-state index is 12.0. The van der Waals surface area contributed by atoms with E-state index in [9.17, 15) is 15.0 Å². The molecule has 0 aliphatic rings. The minimum atomic E-state index is -0.770. The number of hydrogen-bond donors (Lipinski definition) is 3. The molecule has 1 heterocycles. The molecular formula is C15H9BrClN3O3. The highest BCUT2D eigenvalue weighted by Gasteiger charge is 2.14. The van der Waals surface area contributed by atoms with Gasteiger partial charge in [-0.3, -0.25) is 4.79 Å². The highest BCUT2D eigenvalue weighted by molar-refractivity contribution is 9.10. The molecule has 8 heteroatoms. The number of benzene rings is 2. The topological polar surface area (TPSA) is 98.0 Å². The number of halogens is 2. The Morgan fingerprint density at radius 3 is 2.74 bits per heavy atom. The molecule has 2 aromatic carbocycles. The van der Waals surface area contributed by atoms with Crippen LogP contribution in [0, 0.1) is 0 Å². The summed E-state index contributed by atoms with van der Waals surface area (Å²) >= 11 is 9.12. The second-order valence-electron chi connectivity index (χ2n) is 4.68. The number of nitrogens with one attached hydrogen (secondary N) is 1. The Labute approximate surface area is 143 Å². The Bertz CT molecular complexity index is 953. The molecule has 6 nitrogen and oxygen atoms in total. The van der Waals surface area contributed by atoms with Crippen LogP contribution in [0.1, 0.15) is 10.4 Å². The van der Waals surface area contributed by atoms with Crippen LogP contribution in [0.15, 0.2) is 51.1 Å². The molecule has 0 saturated heterocycles. The van der Waals surface area contributed by atoms with Gasteiger partial charge >= 0.3 is 0 Å². The number of amides is 1. The van der Waals surface area contributed by atoms with Crippen LogP contribution in [0.2, 0.25) is 5.02 Å². The Balaban J connectivity index is 2.00. The molecule has 0 aliphatic heterocycles. The van der Waals surface area contributed by atoms with Crippen LogP contribution in [0.25, 0.3) is 10.9 Å². The van der Waals surface area contributed by atoms with Gasteiger partial charge in [-0.2, -0.15) is 0 Å². The van der Waals surface area contributed by atoms with E-state index in [4.69, 9.17) is 11.6 Å². The molecule has 0 bridgehead atoms. The number of phenolic OH excluding ortho intramolecular Hbond substituents is 1. The molecule has 23 heavy (non-hydrogen) atoms. The third-order valence-electron chi connectivity index (χ3n) is 3.14. The summed E-state index contributed by atoms with van der Waals surface area (Å²) in [6.07, 6.45) is 0. The smallest absolute Gasteiger partial charge is 0.299 e. The lowest BCUT2D eigenvalue weighted by Crippen LogP contribution is -1.94. The van der Waals surface area contributed by atoms with Crippen LogP contribution in [0.3, 0.4) is 0 Å². The molecular weight excluding hydrogens is 386 g/mol. The standard InChI is InChI=1S/C15H9BrClN3O3/c16-7-1-3-11-9(5-7)13(15(23)18-11)19-20-14(22)10-6-8(17)2-4-12(10)21/h1-6,18,21,23H. The largest absolute Gasteiger partial charge is 0.507 e. The number of carbonyl (C=O) groups excluding carboxylic acids is 1. The number of aromatic nitrogens is 1. The van der Waals surface area contributed by atoms with E-state index in [1.807, 2.05) is 0 Å². The highest BCUT2D eigenvalue weighted by atomic mass is 79.9. The minimum absolute atomic E-state index is 0.0678. The quantitative estimate of drug-likeness (QED) is 0.538. The lowest BCUT2D eigenvalue weighted by molar-refractivity contribution is 0.0992. The molecule has 3 N–H and O–H groups in total. The zero-order chi connectivity index (χ0) is 16.6. The normalized spacial score (nSPS) is 11.4. The van der Waals surface area contributed by atoms with Gasteiger partial charge in [0.05, 0.1) is 11.1 Å². The van der Waals surface area contributed by atoms with Crippen molar-refractivity contribution in [2.75, 3.05) is 0 Å². The molecule has 1 aromatic heterocycles. The lowest BCUT2D eigenvalue weighted by atomic mass is 10.2. The van der Waals surface area contributed by atoms with Gasteiger partial charge in [-0.25, -0.2) is 0 Å². The van der Waals surface area contributed by atoms with Crippen LogP contribution < -0.4 is 0 Å². The number of fused-ring (bicyclic) bond motifs is 1. The van der Waals surface area contributed by atoms with Gasteiger partial charge in [0.15, 0.2) is 5.69 Å². The van der Waals surface area contributed by atoms with Gasteiger partial charge in [0.25, 0.3) is 5.91 Å². The Morgan fingerprint density at radius 2 is 1.96 bits per heavy atom. The Kier molecular flexibility index (Phi) is 4.06. The maximum atomic E-state index is 12.0. The average Bonchev–Trinajstić information content (AvgIpc) is 2.82. The number of hydrogen-bond acceptors (Lipinski definition) is 4. The number of phenols is 1. The van der Waals surface area contributed by atoms with Gasteiger partial charge < -0.3 is 15.2 Å². The first kappa shape index (κ1) is 15.5. The van der Waals surface area contributed by atoms with Crippen molar-refractivity contribution in [3.63, 3.8) is 0 Å². The summed E-state index contributed by atoms with van der Waals surface area (Å²) in [7, 11) is 0. The summed E-state index contributed by atoms with van der Waals surface area (Å²) in [6.45, 7) is 0. The van der Waals surface area contributed by atoms with E-state index in [1.54, 1.807) is 18.2 Å². The van der Waals surface area contributed by atoms with Crippen molar-refractivity contribution in [2.45, 2.75) is 0 Å². The summed E-state index contributed by atoms with van der Waals surface area (Å²) in [5.41, 5.74) is 0.718. The summed E-state index contributed by atoms with van der Waals surface area (Å²) in [5.74, 6) is -1.22. The van der Waals surface area contributed by atoms with E-state index < -0.39 is 5.91 Å². The lowest BCUT2D eigenvalue weighted by Gasteiger charge is -1.99. The molecule has 0 spiro atoms. The molecule has 0 atom stereocenters. The number of carbonyl (C=O) groups is 1. The molecule has 0 radical (unpaired) electrons. The average molecular weight is 395 g/mol. The predicted octanol–water partition coefficient (Wildman–Crippen LogP) is 4.92. The minimum Gasteiger partial charge on any atom is -0.507 e. The van der Waals surface area contributed by atoms with Gasteiger partial charge in [-0.1, -0.05) is 27.5 Å². The van der Waals surface area contributed by atoms with Crippen molar-refractivity contribution in [1.29, 1.82) is 0 Å². The maximum Gasteiger partial charge on any atom is 0.299 e. The monoisotopic (exact) mass is 393 g/mol. The molecule has 116 valence electrons. The number of aromatic hydroxyl groups is 2. The second kappa shape index (κ2) is 6.02. The van der Waals surface area contributed by atoms with E-state index in [2.05, 4.69) is 31.1 Å². The number of aromatic amines is 1. The highest BCUT2D eigenvalue weighted by Crippen LogP contribution is 2.37. The third kappa shape index (κ3) is 3.06. The molecule has 0 fully saturated rings. The van der Waals surface area contributed by atoms with E-state index in [-0.39, 0.29) is 22.9 Å². The van der Waals surface area contributed by atoms with Gasteiger partial charge in [0.1, 0.15) is 5.75 Å². The molecule has 3 rings (SSSR count). The Morgan fingerprint density at radius 1 is 1.17 bits per heavy atom.